The number of hydrogen-bond acceptors (Lipinski definition) is 6. The molecule has 0 bridgehead atoms. The molecule has 0 atom stereocenters. The Morgan fingerprint density at radius 2 is 2.10 bits per heavy atom. The highest BCUT2D eigenvalue weighted by atomic mass is 16.6. The summed E-state index contributed by atoms with van der Waals surface area (Å²) in [6, 6.07) is 3.46. The quantitative estimate of drug-likeness (QED) is 0.252. The first-order valence-corrected chi connectivity index (χ1v) is 5.89. The summed E-state index contributed by atoms with van der Waals surface area (Å²) in [5, 5.41) is 41.0. The Morgan fingerprint density at radius 1 is 1.48 bits per heavy atom. The van der Waals surface area contributed by atoms with Crippen LogP contribution in [0.4, 0.5) is 5.69 Å². The number of nitro benzene ring substituents is 1. The number of nitriles is 1. The zero-order valence-electron chi connectivity index (χ0n) is 11.3. The minimum Gasteiger partial charge on any atom is -0.504 e. The first-order valence-electron chi connectivity index (χ1n) is 5.89. The van der Waals surface area contributed by atoms with Crippen LogP contribution in [0.5, 0.6) is 11.5 Å². The Balaban J connectivity index is 3.27. The Labute approximate surface area is 120 Å². The number of aromatic hydroxyl groups is 2. The number of hydrogen-bond donors (Lipinski definition) is 3. The SMILES string of the molecule is CC(C)NC(=O)C(C#N)=Cc1cc(O)c(O)c([N+](=O)[O-])c1. The highest BCUT2D eigenvalue weighted by molar-refractivity contribution is 6.01. The molecule has 1 rings (SSSR count). The van der Waals surface area contributed by atoms with Crippen LogP contribution < -0.4 is 5.32 Å². The Morgan fingerprint density at radius 3 is 2.57 bits per heavy atom. The van der Waals surface area contributed by atoms with Crippen molar-refractivity contribution in [2.75, 3.05) is 0 Å². The maximum Gasteiger partial charge on any atom is 0.315 e. The summed E-state index contributed by atoms with van der Waals surface area (Å²) in [6.45, 7) is 3.42. The number of amides is 1. The van der Waals surface area contributed by atoms with Gasteiger partial charge in [0, 0.05) is 12.1 Å². The van der Waals surface area contributed by atoms with Gasteiger partial charge < -0.3 is 15.5 Å². The second-order valence-electron chi connectivity index (χ2n) is 4.46. The molecule has 110 valence electrons. The molecule has 1 aromatic rings. The lowest BCUT2D eigenvalue weighted by molar-refractivity contribution is -0.386. The highest BCUT2D eigenvalue weighted by Crippen LogP contribution is 2.36. The third-order valence-corrected chi connectivity index (χ3v) is 2.38. The minimum atomic E-state index is -0.882. The van der Waals surface area contributed by atoms with Crippen LogP contribution in [-0.4, -0.2) is 27.1 Å². The molecule has 0 radical (unpaired) electrons. The van der Waals surface area contributed by atoms with Gasteiger partial charge in [0.15, 0.2) is 5.75 Å². The van der Waals surface area contributed by atoms with Gasteiger partial charge in [0.1, 0.15) is 11.6 Å². The van der Waals surface area contributed by atoms with Crippen molar-refractivity contribution in [1.82, 2.24) is 5.32 Å². The monoisotopic (exact) mass is 291 g/mol. The number of carbonyl (C=O) groups excluding carboxylic acids is 1. The molecule has 0 saturated carbocycles. The van der Waals surface area contributed by atoms with Crippen molar-refractivity contribution < 1.29 is 19.9 Å². The topological polar surface area (TPSA) is 136 Å². The zero-order chi connectivity index (χ0) is 16.2. The highest BCUT2D eigenvalue weighted by Gasteiger charge is 2.19. The number of rotatable bonds is 4. The first kappa shape index (κ1) is 16.0. The van der Waals surface area contributed by atoms with Crippen molar-refractivity contribution in [3.05, 3.63) is 33.4 Å². The summed E-state index contributed by atoms with van der Waals surface area (Å²) in [4.78, 5) is 21.6. The summed E-state index contributed by atoms with van der Waals surface area (Å²) in [5.74, 6) is -2.22. The smallest absolute Gasteiger partial charge is 0.315 e. The molecule has 21 heavy (non-hydrogen) atoms. The molecular weight excluding hydrogens is 278 g/mol. The van der Waals surface area contributed by atoms with Crippen LogP contribution >= 0.6 is 0 Å². The van der Waals surface area contributed by atoms with Gasteiger partial charge in [-0.1, -0.05) is 0 Å². The van der Waals surface area contributed by atoms with Crippen LogP contribution in [0.2, 0.25) is 0 Å². The average Bonchev–Trinajstić information content (AvgIpc) is 2.38. The van der Waals surface area contributed by atoms with Gasteiger partial charge in [0.25, 0.3) is 5.91 Å². The van der Waals surface area contributed by atoms with Crippen LogP contribution in [0.1, 0.15) is 19.4 Å². The van der Waals surface area contributed by atoms with Crippen molar-refractivity contribution in [3.8, 4) is 17.6 Å². The van der Waals surface area contributed by atoms with Crippen LogP contribution in [-0.2, 0) is 4.79 Å². The zero-order valence-corrected chi connectivity index (χ0v) is 11.3. The fraction of sp³-hybridized carbons (Fsp3) is 0.231. The van der Waals surface area contributed by atoms with Crippen molar-refractivity contribution >= 4 is 17.7 Å². The van der Waals surface area contributed by atoms with E-state index < -0.39 is 28.0 Å². The number of phenolic OH excluding ortho intramolecular Hbond substituents is 2. The van der Waals surface area contributed by atoms with Crippen molar-refractivity contribution in [3.63, 3.8) is 0 Å². The molecule has 0 aliphatic rings. The van der Waals surface area contributed by atoms with Gasteiger partial charge >= 0.3 is 5.69 Å². The standard InChI is InChI=1S/C13H13N3O5/c1-7(2)15-13(19)9(6-14)3-8-4-10(16(20)21)12(18)11(17)5-8/h3-5,7,17-18H,1-2H3,(H,15,19). The summed E-state index contributed by atoms with van der Waals surface area (Å²) < 4.78 is 0. The van der Waals surface area contributed by atoms with Gasteiger partial charge in [-0.3, -0.25) is 14.9 Å². The van der Waals surface area contributed by atoms with E-state index in [0.717, 1.165) is 18.2 Å². The number of nitrogens with one attached hydrogen (secondary N) is 1. The lowest BCUT2D eigenvalue weighted by atomic mass is 10.1. The predicted molar refractivity (Wildman–Crippen MR) is 73.3 cm³/mol. The minimum absolute atomic E-state index is 0.0486. The molecule has 0 heterocycles. The van der Waals surface area contributed by atoms with E-state index in [1.54, 1.807) is 19.9 Å². The van der Waals surface area contributed by atoms with Crippen LogP contribution in [0, 0.1) is 21.4 Å². The Hall–Kier alpha value is -3.08. The molecule has 8 nitrogen and oxygen atoms in total. The number of nitro groups is 1. The third kappa shape index (κ3) is 3.94. The Bertz CT molecular complexity index is 659. The third-order valence-electron chi connectivity index (χ3n) is 2.38. The largest absolute Gasteiger partial charge is 0.504 e. The molecule has 0 saturated heterocycles. The second-order valence-corrected chi connectivity index (χ2v) is 4.46. The van der Waals surface area contributed by atoms with E-state index in [-0.39, 0.29) is 17.2 Å². The lowest BCUT2D eigenvalue weighted by Gasteiger charge is -2.07. The van der Waals surface area contributed by atoms with Crippen LogP contribution in [0.3, 0.4) is 0 Å². The van der Waals surface area contributed by atoms with Gasteiger partial charge in [-0.2, -0.15) is 5.26 Å². The second kappa shape index (κ2) is 6.38. The lowest BCUT2D eigenvalue weighted by Crippen LogP contribution is -2.30. The summed E-state index contributed by atoms with van der Waals surface area (Å²) in [6.07, 6.45) is 1.09. The van der Waals surface area contributed by atoms with Crippen molar-refractivity contribution in [2.45, 2.75) is 19.9 Å². The van der Waals surface area contributed by atoms with E-state index >= 15 is 0 Å². The molecule has 0 spiro atoms. The molecule has 0 aromatic heterocycles. The molecule has 0 aliphatic carbocycles. The first-order chi connectivity index (χ1) is 9.76. The van der Waals surface area contributed by atoms with Crippen molar-refractivity contribution in [2.24, 2.45) is 0 Å². The number of benzene rings is 1. The van der Waals surface area contributed by atoms with Gasteiger partial charge in [-0.05, 0) is 31.6 Å². The molecule has 1 aromatic carbocycles. The van der Waals surface area contributed by atoms with Gasteiger partial charge in [0.05, 0.1) is 4.92 Å². The van der Waals surface area contributed by atoms with Crippen LogP contribution in [0.15, 0.2) is 17.7 Å². The molecule has 0 fully saturated rings. The fourth-order valence-corrected chi connectivity index (χ4v) is 1.50. The maximum absolute atomic E-state index is 11.7. The van der Waals surface area contributed by atoms with Crippen LogP contribution in [0.25, 0.3) is 6.08 Å². The number of carbonyl (C=O) groups is 1. The number of nitrogens with zero attached hydrogens (tertiary/aromatic N) is 2. The van der Waals surface area contributed by atoms with E-state index in [4.69, 9.17) is 5.26 Å². The Kier molecular flexibility index (Phi) is 4.86. The predicted octanol–water partition coefficient (Wildman–Crippen LogP) is 1.44. The van der Waals surface area contributed by atoms with Crippen molar-refractivity contribution in [1.29, 1.82) is 5.26 Å². The summed E-state index contributed by atoms with van der Waals surface area (Å²) >= 11 is 0. The molecule has 0 aliphatic heterocycles. The normalized spacial score (nSPS) is 11.0. The molecular formula is C13H13N3O5. The van der Waals surface area contributed by atoms with Gasteiger partial charge in [-0.25, -0.2) is 0 Å². The molecule has 0 unspecified atom stereocenters. The molecule has 8 heteroatoms. The number of phenols is 2. The van der Waals surface area contributed by atoms with E-state index in [1.165, 1.54) is 0 Å². The summed E-state index contributed by atoms with van der Waals surface area (Å²) in [5.41, 5.74) is -0.946. The van der Waals surface area contributed by atoms with E-state index in [2.05, 4.69) is 5.32 Å². The molecule has 1 amide bonds. The van der Waals surface area contributed by atoms with E-state index in [0.29, 0.717) is 0 Å². The van der Waals surface area contributed by atoms with E-state index in [9.17, 15) is 25.1 Å². The van der Waals surface area contributed by atoms with E-state index in [1.807, 2.05) is 0 Å². The fourth-order valence-electron chi connectivity index (χ4n) is 1.50. The molecule has 3 N–H and O–H groups in total. The average molecular weight is 291 g/mol. The van der Waals surface area contributed by atoms with Gasteiger partial charge in [0.2, 0.25) is 5.75 Å². The summed E-state index contributed by atoms with van der Waals surface area (Å²) in [7, 11) is 0. The van der Waals surface area contributed by atoms with Gasteiger partial charge in [-0.15, -0.1) is 0 Å². The maximum atomic E-state index is 11.7.